The molecule has 0 fully saturated rings. The minimum atomic E-state index is -1.14. The van der Waals surface area contributed by atoms with Gasteiger partial charge >= 0.3 is 5.97 Å². The Morgan fingerprint density at radius 3 is 2.71 bits per heavy atom. The van der Waals surface area contributed by atoms with E-state index in [0.717, 1.165) is 0 Å². The SMILES string of the molecule is N#Cc1c(CN)ccc(Br)c1C(=O)O. The van der Waals surface area contributed by atoms with E-state index in [2.05, 4.69) is 15.9 Å². The smallest absolute Gasteiger partial charge is 0.338 e. The van der Waals surface area contributed by atoms with Crippen molar-refractivity contribution in [2.45, 2.75) is 6.54 Å². The van der Waals surface area contributed by atoms with E-state index in [0.29, 0.717) is 10.0 Å². The van der Waals surface area contributed by atoms with E-state index in [9.17, 15) is 4.79 Å². The molecule has 72 valence electrons. The van der Waals surface area contributed by atoms with Gasteiger partial charge in [-0.05, 0) is 27.6 Å². The van der Waals surface area contributed by atoms with Crippen LogP contribution in [0.2, 0.25) is 0 Å². The third kappa shape index (κ3) is 1.76. The third-order valence-corrected chi connectivity index (χ3v) is 2.45. The molecule has 0 atom stereocenters. The summed E-state index contributed by atoms with van der Waals surface area (Å²) in [5.74, 6) is -1.14. The summed E-state index contributed by atoms with van der Waals surface area (Å²) in [6.07, 6.45) is 0. The van der Waals surface area contributed by atoms with Crippen molar-refractivity contribution in [3.8, 4) is 6.07 Å². The zero-order valence-electron chi connectivity index (χ0n) is 7.12. The lowest BCUT2D eigenvalue weighted by Crippen LogP contribution is -2.07. The van der Waals surface area contributed by atoms with Gasteiger partial charge in [-0.25, -0.2) is 4.79 Å². The maximum atomic E-state index is 10.8. The van der Waals surface area contributed by atoms with E-state index in [1.807, 2.05) is 6.07 Å². The Kier molecular flexibility index (Phi) is 3.23. The summed E-state index contributed by atoms with van der Waals surface area (Å²) in [6.45, 7) is 0.149. The van der Waals surface area contributed by atoms with Gasteiger partial charge in [0.2, 0.25) is 0 Å². The monoisotopic (exact) mass is 254 g/mol. The second-order valence-corrected chi connectivity index (χ2v) is 3.43. The molecule has 0 bridgehead atoms. The first-order chi connectivity index (χ1) is 6.61. The summed E-state index contributed by atoms with van der Waals surface area (Å²) < 4.78 is 0.388. The molecular weight excluding hydrogens is 248 g/mol. The number of carboxylic acid groups (broad SMARTS) is 1. The quantitative estimate of drug-likeness (QED) is 0.837. The lowest BCUT2D eigenvalue weighted by Gasteiger charge is -2.05. The van der Waals surface area contributed by atoms with Crippen molar-refractivity contribution < 1.29 is 9.90 Å². The molecule has 0 spiro atoms. The van der Waals surface area contributed by atoms with Crippen LogP contribution in [-0.4, -0.2) is 11.1 Å². The van der Waals surface area contributed by atoms with Gasteiger partial charge in [-0.2, -0.15) is 5.26 Å². The van der Waals surface area contributed by atoms with Gasteiger partial charge in [-0.1, -0.05) is 6.07 Å². The molecule has 0 aromatic heterocycles. The molecule has 0 unspecified atom stereocenters. The zero-order valence-corrected chi connectivity index (χ0v) is 8.71. The van der Waals surface area contributed by atoms with Crippen molar-refractivity contribution in [2.24, 2.45) is 5.73 Å². The highest BCUT2D eigenvalue weighted by Crippen LogP contribution is 2.23. The molecule has 4 nitrogen and oxygen atoms in total. The summed E-state index contributed by atoms with van der Waals surface area (Å²) >= 11 is 3.08. The van der Waals surface area contributed by atoms with Crippen LogP contribution in [-0.2, 0) is 6.54 Å². The topological polar surface area (TPSA) is 87.1 Å². The molecule has 14 heavy (non-hydrogen) atoms. The first kappa shape index (κ1) is 10.7. The largest absolute Gasteiger partial charge is 0.478 e. The zero-order chi connectivity index (χ0) is 10.7. The summed E-state index contributed by atoms with van der Waals surface area (Å²) in [6, 6.07) is 5.06. The number of hydrogen-bond donors (Lipinski definition) is 2. The Bertz CT molecular complexity index is 424. The lowest BCUT2D eigenvalue weighted by atomic mass is 10.0. The molecule has 0 heterocycles. The predicted octanol–water partition coefficient (Wildman–Crippen LogP) is 1.48. The van der Waals surface area contributed by atoms with Crippen LogP contribution >= 0.6 is 15.9 Å². The fourth-order valence-corrected chi connectivity index (χ4v) is 1.63. The van der Waals surface area contributed by atoms with Gasteiger partial charge in [-0.3, -0.25) is 0 Å². The molecule has 0 aliphatic rings. The highest BCUT2D eigenvalue weighted by atomic mass is 79.9. The minimum Gasteiger partial charge on any atom is -0.478 e. The average Bonchev–Trinajstić information content (AvgIpc) is 2.16. The van der Waals surface area contributed by atoms with E-state index in [4.69, 9.17) is 16.1 Å². The van der Waals surface area contributed by atoms with Gasteiger partial charge in [-0.15, -0.1) is 0 Å². The normalized spacial score (nSPS) is 9.50. The van der Waals surface area contributed by atoms with Crippen molar-refractivity contribution in [1.29, 1.82) is 5.26 Å². The van der Waals surface area contributed by atoms with E-state index < -0.39 is 5.97 Å². The minimum absolute atomic E-state index is 0.0320. The van der Waals surface area contributed by atoms with E-state index >= 15 is 0 Å². The average molecular weight is 255 g/mol. The van der Waals surface area contributed by atoms with Gasteiger partial charge in [0.25, 0.3) is 0 Å². The third-order valence-electron chi connectivity index (χ3n) is 1.79. The number of carboxylic acids is 1. The standard InChI is InChI=1S/C9H7BrN2O2/c10-7-2-1-5(3-11)6(4-12)8(7)9(13)14/h1-2H,3,11H2,(H,13,14). The van der Waals surface area contributed by atoms with Crippen LogP contribution in [0.3, 0.4) is 0 Å². The predicted molar refractivity (Wildman–Crippen MR) is 53.7 cm³/mol. The number of nitrogens with two attached hydrogens (primary N) is 1. The lowest BCUT2D eigenvalue weighted by molar-refractivity contribution is 0.0695. The Balaban J connectivity index is 3.53. The van der Waals surface area contributed by atoms with Crippen molar-refractivity contribution in [3.63, 3.8) is 0 Å². The van der Waals surface area contributed by atoms with Crippen molar-refractivity contribution in [3.05, 3.63) is 33.3 Å². The van der Waals surface area contributed by atoms with Crippen LogP contribution in [0.15, 0.2) is 16.6 Å². The summed E-state index contributed by atoms with van der Waals surface area (Å²) in [5.41, 5.74) is 6.01. The van der Waals surface area contributed by atoms with Crippen molar-refractivity contribution in [1.82, 2.24) is 0 Å². The second-order valence-electron chi connectivity index (χ2n) is 2.58. The van der Waals surface area contributed by atoms with Crippen LogP contribution < -0.4 is 5.73 Å². The van der Waals surface area contributed by atoms with Crippen molar-refractivity contribution >= 4 is 21.9 Å². The molecule has 0 amide bonds. The fraction of sp³-hybridized carbons (Fsp3) is 0.111. The molecule has 0 saturated carbocycles. The molecule has 0 saturated heterocycles. The van der Waals surface area contributed by atoms with E-state index in [1.54, 1.807) is 12.1 Å². The summed E-state index contributed by atoms with van der Waals surface area (Å²) in [5, 5.41) is 17.7. The molecule has 5 heteroatoms. The van der Waals surface area contributed by atoms with Crippen LogP contribution in [0, 0.1) is 11.3 Å². The molecule has 1 rings (SSSR count). The number of aromatic carboxylic acids is 1. The highest BCUT2D eigenvalue weighted by Gasteiger charge is 2.16. The van der Waals surface area contributed by atoms with Crippen LogP contribution in [0.4, 0.5) is 0 Å². The first-order valence-electron chi connectivity index (χ1n) is 3.76. The number of rotatable bonds is 2. The van der Waals surface area contributed by atoms with E-state index in [-0.39, 0.29) is 17.7 Å². The Morgan fingerprint density at radius 1 is 1.64 bits per heavy atom. The highest BCUT2D eigenvalue weighted by molar-refractivity contribution is 9.10. The fourth-order valence-electron chi connectivity index (χ4n) is 1.13. The molecule has 0 aliphatic carbocycles. The molecule has 1 aromatic carbocycles. The van der Waals surface area contributed by atoms with Crippen molar-refractivity contribution in [2.75, 3.05) is 0 Å². The molecule has 0 aliphatic heterocycles. The van der Waals surface area contributed by atoms with Gasteiger partial charge in [0, 0.05) is 11.0 Å². The molecule has 3 N–H and O–H groups in total. The Morgan fingerprint density at radius 2 is 2.29 bits per heavy atom. The maximum absolute atomic E-state index is 10.8. The van der Waals surface area contributed by atoms with Gasteiger partial charge in [0.05, 0.1) is 11.1 Å². The number of nitrogens with zero attached hydrogens (tertiary/aromatic N) is 1. The van der Waals surface area contributed by atoms with Crippen LogP contribution in [0.25, 0.3) is 0 Å². The number of carbonyl (C=O) groups is 1. The number of halogens is 1. The molecule has 1 aromatic rings. The Hall–Kier alpha value is -1.38. The molecular formula is C9H7BrN2O2. The van der Waals surface area contributed by atoms with Gasteiger partial charge in [0.1, 0.15) is 6.07 Å². The summed E-state index contributed by atoms with van der Waals surface area (Å²) in [7, 11) is 0. The van der Waals surface area contributed by atoms with Gasteiger partial charge < -0.3 is 10.8 Å². The first-order valence-corrected chi connectivity index (χ1v) is 4.56. The van der Waals surface area contributed by atoms with Crippen LogP contribution in [0.1, 0.15) is 21.5 Å². The Labute approximate surface area is 89.1 Å². The number of nitriles is 1. The molecule has 0 radical (unpaired) electrons. The summed E-state index contributed by atoms with van der Waals surface area (Å²) in [4.78, 5) is 10.8. The van der Waals surface area contributed by atoms with Crippen LogP contribution in [0.5, 0.6) is 0 Å². The number of benzene rings is 1. The second kappa shape index (κ2) is 4.22. The maximum Gasteiger partial charge on any atom is 0.338 e. The number of hydrogen-bond acceptors (Lipinski definition) is 3. The van der Waals surface area contributed by atoms with Gasteiger partial charge in [0.15, 0.2) is 0 Å². The van der Waals surface area contributed by atoms with E-state index in [1.165, 1.54) is 0 Å².